The summed E-state index contributed by atoms with van der Waals surface area (Å²) in [6.45, 7) is 6.64. The first kappa shape index (κ1) is 12.5. The molecule has 5 heteroatoms. The highest BCUT2D eigenvalue weighted by Crippen LogP contribution is 2.29. The first-order valence-electron chi connectivity index (χ1n) is 5.78. The third-order valence-corrected chi connectivity index (χ3v) is 2.64. The Labute approximate surface area is 106 Å². The van der Waals surface area contributed by atoms with Crippen LogP contribution in [0.15, 0.2) is 10.8 Å². The molecule has 1 aromatic heterocycles. The zero-order chi connectivity index (χ0) is 13.3. The first-order valence-corrected chi connectivity index (χ1v) is 5.78. The standard InChI is InChI=1S/C13H16N2O3/c1-5-10-11(17-8-14-10)9-6-15(7-9)12(16)18-13(2,3)4/h1,8-9H,6-7H2,2-4H3. The summed E-state index contributed by atoms with van der Waals surface area (Å²) < 4.78 is 10.5. The molecule has 0 radical (unpaired) electrons. The minimum Gasteiger partial charge on any atom is -0.447 e. The van der Waals surface area contributed by atoms with Gasteiger partial charge in [0, 0.05) is 13.1 Å². The van der Waals surface area contributed by atoms with Crippen molar-refractivity contribution < 1.29 is 13.9 Å². The van der Waals surface area contributed by atoms with E-state index in [2.05, 4.69) is 10.9 Å². The van der Waals surface area contributed by atoms with E-state index in [0.717, 1.165) is 0 Å². The van der Waals surface area contributed by atoms with E-state index < -0.39 is 5.60 Å². The molecular weight excluding hydrogens is 232 g/mol. The molecule has 1 amide bonds. The maximum Gasteiger partial charge on any atom is 0.410 e. The number of aromatic nitrogens is 1. The highest BCUT2D eigenvalue weighted by molar-refractivity contribution is 5.69. The second-order valence-electron chi connectivity index (χ2n) is 5.29. The van der Waals surface area contributed by atoms with E-state index in [1.165, 1.54) is 6.39 Å². The molecule has 96 valence electrons. The summed E-state index contributed by atoms with van der Waals surface area (Å²) in [4.78, 5) is 17.3. The monoisotopic (exact) mass is 248 g/mol. The smallest absolute Gasteiger partial charge is 0.410 e. The number of carbonyl (C=O) groups is 1. The molecule has 2 heterocycles. The predicted molar refractivity (Wildman–Crippen MR) is 65.0 cm³/mol. The molecule has 0 saturated carbocycles. The summed E-state index contributed by atoms with van der Waals surface area (Å²) in [7, 11) is 0. The SMILES string of the molecule is C#Cc1ncoc1C1CN(C(=O)OC(C)(C)C)C1. The second-order valence-corrected chi connectivity index (χ2v) is 5.29. The number of terminal acetylenes is 1. The van der Waals surface area contributed by atoms with Crippen LogP contribution < -0.4 is 0 Å². The van der Waals surface area contributed by atoms with Gasteiger partial charge in [-0.2, -0.15) is 0 Å². The Kier molecular flexibility index (Phi) is 3.04. The first-order chi connectivity index (χ1) is 8.40. The number of hydrogen-bond acceptors (Lipinski definition) is 4. The van der Waals surface area contributed by atoms with Gasteiger partial charge in [-0.05, 0) is 26.7 Å². The van der Waals surface area contributed by atoms with Crippen LogP contribution in [-0.2, 0) is 4.74 Å². The van der Waals surface area contributed by atoms with Crippen LogP contribution in [0.2, 0.25) is 0 Å². The summed E-state index contributed by atoms with van der Waals surface area (Å²) in [6, 6.07) is 0. The van der Waals surface area contributed by atoms with Gasteiger partial charge in [-0.15, -0.1) is 6.42 Å². The minimum absolute atomic E-state index is 0.117. The van der Waals surface area contributed by atoms with Crippen molar-refractivity contribution in [3.63, 3.8) is 0 Å². The molecule has 0 spiro atoms. The number of rotatable bonds is 1. The lowest BCUT2D eigenvalue weighted by Crippen LogP contribution is -2.50. The molecule has 0 aliphatic carbocycles. The summed E-state index contributed by atoms with van der Waals surface area (Å²) in [5.41, 5.74) is 0.0436. The van der Waals surface area contributed by atoms with Crippen molar-refractivity contribution in [2.45, 2.75) is 32.3 Å². The topological polar surface area (TPSA) is 55.6 Å². The van der Waals surface area contributed by atoms with Gasteiger partial charge in [-0.25, -0.2) is 9.78 Å². The molecule has 1 aromatic rings. The highest BCUT2D eigenvalue weighted by Gasteiger charge is 2.37. The molecular formula is C13H16N2O3. The number of oxazole rings is 1. The highest BCUT2D eigenvalue weighted by atomic mass is 16.6. The van der Waals surface area contributed by atoms with Gasteiger partial charge in [0.1, 0.15) is 11.4 Å². The number of carbonyl (C=O) groups excluding carboxylic acids is 1. The quantitative estimate of drug-likeness (QED) is 0.713. The van der Waals surface area contributed by atoms with Gasteiger partial charge < -0.3 is 14.1 Å². The number of nitrogens with zero attached hydrogens (tertiary/aromatic N) is 2. The Hall–Kier alpha value is -1.96. The van der Waals surface area contributed by atoms with Gasteiger partial charge in [0.05, 0.1) is 5.92 Å². The van der Waals surface area contributed by atoms with Crippen molar-refractivity contribution in [1.82, 2.24) is 9.88 Å². The lowest BCUT2D eigenvalue weighted by atomic mass is 9.96. The summed E-state index contributed by atoms with van der Waals surface area (Å²) in [5, 5.41) is 0. The Bertz CT molecular complexity index is 487. The van der Waals surface area contributed by atoms with E-state index in [1.807, 2.05) is 20.8 Å². The zero-order valence-electron chi connectivity index (χ0n) is 10.8. The Morgan fingerprint density at radius 3 is 2.83 bits per heavy atom. The summed E-state index contributed by atoms with van der Waals surface area (Å²) >= 11 is 0. The summed E-state index contributed by atoms with van der Waals surface area (Å²) in [5.74, 6) is 3.26. The van der Waals surface area contributed by atoms with E-state index in [1.54, 1.807) is 4.90 Å². The molecule has 1 aliphatic rings. The third kappa shape index (κ3) is 2.48. The Morgan fingerprint density at radius 2 is 2.28 bits per heavy atom. The largest absolute Gasteiger partial charge is 0.447 e. The van der Waals surface area contributed by atoms with Crippen LogP contribution >= 0.6 is 0 Å². The normalized spacial score (nSPS) is 16.0. The fourth-order valence-corrected chi connectivity index (χ4v) is 1.77. The maximum absolute atomic E-state index is 11.7. The molecule has 2 rings (SSSR count). The van der Waals surface area contributed by atoms with Crippen molar-refractivity contribution in [3.05, 3.63) is 17.8 Å². The van der Waals surface area contributed by atoms with Crippen molar-refractivity contribution in [1.29, 1.82) is 0 Å². The molecule has 18 heavy (non-hydrogen) atoms. The maximum atomic E-state index is 11.7. The number of ether oxygens (including phenoxy) is 1. The Morgan fingerprint density at radius 1 is 1.61 bits per heavy atom. The fourth-order valence-electron chi connectivity index (χ4n) is 1.77. The molecule has 5 nitrogen and oxygen atoms in total. The van der Waals surface area contributed by atoms with Crippen LogP contribution in [0.4, 0.5) is 4.79 Å². The van der Waals surface area contributed by atoms with Crippen molar-refractivity contribution in [2.24, 2.45) is 0 Å². The van der Waals surface area contributed by atoms with Gasteiger partial charge in [-0.1, -0.05) is 0 Å². The van der Waals surface area contributed by atoms with Crippen LogP contribution in [0, 0.1) is 12.3 Å². The van der Waals surface area contributed by atoms with Gasteiger partial charge in [0.25, 0.3) is 0 Å². The molecule has 0 atom stereocenters. The van der Waals surface area contributed by atoms with E-state index in [-0.39, 0.29) is 12.0 Å². The third-order valence-electron chi connectivity index (χ3n) is 2.64. The number of amides is 1. The molecule has 0 aromatic carbocycles. The van der Waals surface area contributed by atoms with Gasteiger partial charge in [0.2, 0.25) is 0 Å². The van der Waals surface area contributed by atoms with Gasteiger partial charge in [0.15, 0.2) is 12.1 Å². The van der Waals surface area contributed by atoms with Crippen LogP contribution in [0.25, 0.3) is 0 Å². The molecule has 0 N–H and O–H groups in total. The zero-order valence-corrected chi connectivity index (χ0v) is 10.8. The lowest BCUT2D eigenvalue weighted by molar-refractivity contribution is 0.00649. The molecule has 1 aliphatic heterocycles. The lowest BCUT2D eigenvalue weighted by Gasteiger charge is -2.38. The van der Waals surface area contributed by atoms with Crippen LogP contribution in [0.5, 0.6) is 0 Å². The predicted octanol–water partition coefficient (Wildman–Crippen LogP) is 1.99. The van der Waals surface area contributed by atoms with Crippen LogP contribution in [0.1, 0.15) is 38.1 Å². The summed E-state index contributed by atoms with van der Waals surface area (Å²) in [6.07, 6.45) is 6.34. The van der Waals surface area contributed by atoms with E-state index in [0.29, 0.717) is 24.5 Å². The van der Waals surface area contributed by atoms with Gasteiger partial charge >= 0.3 is 6.09 Å². The van der Waals surface area contributed by atoms with E-state index in [9.17, 15) is 4.79 Å². The average molecular weight is 248 g/mol. The van der Waals surface area contributed by atoms with E-state index >= 15 is 0 Å². The van der Waals surface area contributed by atoms with Crippen molar-refractivity contribution in [3.8, 4) is 12.3 Å². The van der Waals surface area contributed by atoms with E-state index in [4.69, 9.17) is 15.6 Å². The second kappa shape index (κ2) is 4.37. The molecule has 1 fully saturated rings. The van der Waals surface area contributed by atoms with Crippen molar-refractivity contribution >= 4 is 6.09 Å². The van der Waals surface area contributed by atoms with Crippen molar-refractivity contribution in [2.75, 3.05) is 13.1 Å². The minimum atomic E-state index is -0.474. The molecule has 1 saturated heterocycles. The Balaban J connectivity index is 1.92. The number of likely N-dealkylation sites (tertiary alicyclic amines) is 1. The number of hydrogen-bond donors (Lipinski definition) is 0. The van der Waals surface area contributed by atoms with Crippen LogP contribution in [-0.4, -0.2) is 34.7 Å². The van der Waals surface area contributed by atoms with Crippen LogP contribution in [0.3, 0.4) is 0 Å². The molecule has 0 unspecified atom stereocenters. The van der Waals surface area contributed by atoms with Gasteiger partial charge in [-0.3, -0.25) is 0 Å². The average Bonchev–Trinajstić information content (AvgIpc) is 2.60. The molecule has 0 bridgehead atoms. The fraction of sp³-hybridized carbons (Fsp3) is 0.538.